The highest BCUT2D eigenvalue weighted by atomic mass is 19.4. The molecule has 1 atom stereocenters. The molecule has 19 heavy (non-hydrogen) atoms. The van der Waals surface area contributed by atoms with Crippen molar-refractivity contribution < 1.29 is 18.3 Å². The standard InChI is InChI=1S/C13H19F3N2O/c1-8-5-6-9(18-11(8)13(14,15)16)10(19)7-17-12(2,3)4/h5-6,10,17,19H,7H2,1-4H3. The Morgan fingerprint density at radius 2 is 1.84 bits per heavy atom. The fourth-order valence-corrected chi connectivity index (χ4v) is 1.52. The van der Waals surface area contributed by atoms with E-state index in [-0.39, 0.29) is 23.3 Å². The molecule has 0 amide bonds. The lowest BCUT2D eigenvalue weighted by atomic mass is 10.1. The maximum atomic E-state index is 12.7. The quantitative estimate of drug-likeness (QED) is 0.892. The average Bonchev–Trinajstić information content (AvgIpc) is 2.24. The normalized spacial score (nSPS) is 14.5. The molecule has 0 radical (unpaired) electrons. The molecule has 0 aliphatic rings. The van der Waals surface area contributed by atoms with Gasteiger partial charge in [-0.3, -0.25) is 0 Å². The Hall–Kier alpha value is -1.14. The van der Waals surface area contributed by atoms with E-state index in [1.54, 1.807) is 0 Å². The van der Waals surface area contributed by atoms with E-state index >= 15 is 0 Å². The third-order valence-electron chi connectivity index (χ3n) is 2.55. The van der Waals surface area contributed by atoms with E-state index in [1.165, 1.54) is 19.1 Å². The Kier molecular flexibility index (Phi) is 4.58. The molecule has 3 nitrogen and oxygen atoms in total. The van der Waals surface area contributed by atoms with Gasteiger partial charge in [-0.25, -0.2) is 4.98 Å². The van der Waals surface area contributed by atoms with Gasteiger partial charge in [0, 0.05) is 12.1 Å². The third kappa shape index (κ3) is 4.80. The molecular weight excluding hydrogens is 257 g/mol. The molecule has 0 saturated heterocycles. The van der Waals surface area contributed by atoms with E-state index < -0.39 is 18.0 Å². The molecule has 1 heterocycles. The SMILES string of the molecule is Cc1ccc(C(O)CNC(C)(C)C)nc1C(F)(F)F. The van der Waals surface area contributed by atoms with Gasteiger partial charge < -0.3 is 10.4 Å². The number of hydrogen-bond donors (Lipinski definition) is 2. The molecule has 1 unspecified atom stereocenters. The first kappa shape index (κ1) is 15.9. The number of hydrogen-bond acceptors (Lipinski definition) is 3. The summed E-state index contributed by atoms with van der Waals surface area (Å²) in [5.41, 5.74) is -1.10. The van der Waals surface area contributed by atoms with Gasteiger partial charge in [0.05, 0.1) is 5.69 Å². The highest BCUT2D eigenvalue weighted by Crippen LogP contribution is 2.30. The van der Waals surface area contributed by atoms with Crippen LogP contribution in [0, 0.1) is 6.92 Å². The number of pyridine rings is 1. The van der Waals surface area contributed by atoms with Gasteiger partial charge in [-0.2, -0.15) is 13.2 Å². The number of aliphatic hydroxyl groups excluding tert-OH is 1. The molecule has 0 fully saturated rings. The van der Waals surface area contributed by atoms with Crippen LogP contribution in [0.3, 0.4) is 0 Å². The second-order valence-corrected chi connectivity index (χ2v) is 5.55. The minimum atomic E-state index is -4.50. The van der Waals surface area contributed by atoms with Crippen LogP contribution in [0.2, 0.25) is 0 Å². The minimum Gasteiger partial charge on any atom is -0.385 e. The zero-order valence-electron chi connectivity index (χ0n) is 11.5. The molecule has 6 heteroatoms. The molecule has 2 N–H and O–H groups in total. The molecule has 0 spiro atoms. The van der Waals surface area contributed by atoms with Crippen molar-refractivity contribution in [1.29, 1.82) is 0 Å². The smallest absolute Gasteiger partial charge is 0.385 e. The van der Waals surface area contributed by atoms with Crippen LogP contribution in [-0.4, -0.2) is 22.2 Å². The van der Waals surface area contributed by atoms with Crippen molar-refractivity contribution in [2.75, 3.05) is 6.54 Å². The van der Waals surface area contributed by atoms with Crippen LogP contribution in [0.5, 0.6) is 0 Å². The van der Waals surface area contributed by atoms with Crippen molar-refractivity contribution >= 4 is 0 Å². The van der Waals surface area contributed by atoms with Crippen molar-refractivity contribution in [3.05, 3.63) is 29.1 Å². The van der Waals surface area contributed by atoms with Crippen molar-refractivity contribution in [3.8, 4) is 0 Å². The summed E-state index contributed by atoms with van der Waals surface area (Å²) in [5.74, 6) is 0. The molecule has 0 aliphatic carbocycles. The number of alkyl halides is 3. The second kappa shape index (κ2) is 5.46. The minimum absolute atomic E-state index is 0.0228. The number of aryl methyl sites for hydroxylation is 1. The largest absolute Gasteiger partial charge is 0.433 e. The number of aliphatic hydroxyl groups is 1. The average molecular weight is 276 g/mol. The summed E-state index contributed by atoms with van der Waals surface area (Å²) in [7, 11) is 0. The summed E-state index contributed by atoms with van der Waals surface area (Å²) in [6.45, 7) is 7.21. The van der Waals surface area contributed by atoms with Gasteiger partial charge in [-0.05, 0) is 39.3 Å². The van der Waals surface area contributed by atoms with E-state index in [2.05, 4.69) is 10.3 Å². The number of aromatic nitrogens is 1. The van der Waals surface area contributed by atoms with Gasteiger partial charge in [0.1, 0.15) is 11.8 Å². The molecule has 0 saturated carbocycles. The monoisotopic (exact) mass is 276 g/mol. The third-order valence-corrected chi connectivity index (χ3v) is 2.55. The summed E-state index contributed by atoms with van der Waals surface area (Å²) >= 11 is 0. The van der Waals surface area contributed by atoms with Crippen LogP contribution in [0.1, 0.15) is 43.8 Å². The summed E-state index contributed by atoms with van der Waals surface area (Å²) in [4.78, 5) is 3.53. The van der Waals surface area contributed by atoms with Crippen LogP contribution in [-0.2, 0) is 6.18 Å². The van der Waals surface area contributed by atoms with Crippen molar-refractivity contribution in [2.45, 2.75) is 45.5 Å². The Balaban J connectivity index is 2.90. The number of rotatable bonds is 3. The van der Waals surface area contributed by atoms with E-state index in [0.29, 0.717) is 0 Å². The Morgan fingerprint density at radius 3 is 2.32 bits per heavy atom. The van der Waals surface area contributed by atoms with E-state index in [1.807, 2.05) is 20.8 Å². The first-order valence-electron chi connectivity index (χ1n) is 5.98. The van der Waals surface area contributed by atoms with Gasteiger partial charge in [-0.1, -0.05) is 6.07 Å². The summed E-state index contributed by atoms with van der Waals surface area (Å²) < 4.78 is 38.1. The van der Waals surface area contributed by atoms with Crippen LogP contribution >= 0.6 is 0 Å². The lowest BCUT2D eigenvalue weighted by Gasteiger charge is -2.23. The van der Waals surface area contributed by atoms with E-state index in [9.17, 15) is 18.3 Å². The topological polar surface area (TPSA) is 45.1 Å². The van der Waals surface area contributed by atoms with Crippen LogP contribution in [0.4, 0.5) is 13.2 Å². The fourth-order valence-electron chi connectivity index (χ4n) is 1.52. The first-order valence-corrected chi connectivity index (χ1v) is 5.98. The lowest BCUT2D eigenvalue weighted by Crippen LogP contribution is -2.38. The van der Waals surface area contributed by atoms with Crippen molar-refractivity contribution in [3.63, 3.8) is 0 Å². The molecular formula is C13H19F3N2O. The second-order valence-electron chi connectivity index (χ2n) is 5.55. The van der Waals surface area contributed by atoms with Crippen LogP contribution < -0.4 is 5.32 Å². The Morgan fingerprint density at radius 1 is 1.26 bits per heavy atom. The maximum Gasteiger partial charge on any atom is 0.433 e. The molecule has 0 aromatic carbocycles. The van der Waals surface area contributed by atoms with E-state index in [0.717, 1.165) is 0 Å². The van der Waals surface area contributed by atoms with Gasteiger partial charge in [-0.15, -0.1) is 0 Å². The van der Waals surface area contributed by atoms with Crippen molar-refractivity contribution in [1.82, 2.24) is 10.3 Å². The zero-order valence-corrected chi connectivity index (χ0v) is 11.5. The maximum absolute atomic E-state index is 12.7. The number of β-amino-alcohol motifs (C(OH)–C–C–N with tert-alkyl or cyclic N) is 1. The van der Waals surface area contributed by atoms with Crippen molar-refractivity contribution in [2.24, 2.45) is 0 Å². The van der Waals surface area contributed by atoms with Gasteiger partial charge in [0.2, 0.25) is 0 Å². The number of nitrogens with zero attached hydrogens (tertiary/aromatic N) is 1. The first-order chi connectivity index (χ1) is 8.50. The highest BCUT2D eigenvalue weighted by Gasteiger charge is 2.35. The van der Waals surface area contributed by atoms with Crippen LogP contribution in [0.15, 0.2) is 12.1 Å². The summed E-state index contributed by atoms with van der Waals surface area (Å²) in [5, 5.41) is 12.9. The Labute approximate surface area is 110 Å². The van der Waals surface area contributed by atoms with Gasteiger partial charge in [0.25, 0.3) is 0 Å². The summed E-state index contributed by atoms with van der Waals surface area (Å²) in [6.07, 6.45) is -5.57. The number of halogens is 3. The summed E-state index contributed by atoms with van der Waals surface area (Å²) in [6, 6.07) is 2.74. The predicted octanol–water partition coefficient (Wildman–Crippen LogP) is 2.83. The zero-order chi connectivity index (χ0) is 14.8. The molecule has 108 valence electrons. The Bertz CT molecular complexity index is 438. The van der Waals surface area contributed by atoms with Crippen LogP contribution in [0.25, 0.3) is 0 Å². The van der Waals surface area contributed by atoms with Gasteiger partial charge in [0.15, 0.2) is 0 Å². The predicted molar refractivity (Wildman–Crippen MR) is 66.7 cm³/mol. The molecule has 0 bridgehead atoms. The number of nitrogens with one attached hydrogen (secondary N) is 1. The molecule has 1 aromatic heterocycles. The molecule has 0 aliphatic heterocycles. The lowest BCUT2D eigenvalue weighted by molar-refractivity contribution is -0.141. The van der Waals surface area contributed by atoms with Gasteiger partial charge >= 0.3 is 6.18 Å². The molecule has 1 rings (SSSR count). The fraction of sp³-hybridized carbons (Fsp3) is 0.615. The van der Waals surface area contributed by atoms with E-state index in [4.69, 9.17) is 0 Å². The molecule has 1 aromatic rings. The highest BCUT2D eigenvalue weighted by molar-refractivity contribution is 5.25.